The largest absolute Gasteiger partial charge is 0.493 e. The minimum absolute atomic E-state index is 0.121. The van der Waals surface area contributed by atoms with E-state index in [2.05, 4.69) is 32.2 Å². The van der Waals surface area contributed by atoms with Crippen molar-refractivity contribution in [1.82, 2.24) is 5.32 Å². The van der Waals surface area contributed by atoms with Gasteiger partial charge in [0.05, 0.1) is 22.2 Å². The highest BCUT2D eigenvalue weighted by molar-refractivity contribution is 9.10. The minimum Gasteiger partial charge on any atom is -0.493 e. The van der Waals surface area contributed by atoms with Crippen molar-refractivity contribution in [3.05, 3.63) is 55.9 Å². The average Bonchev–Trinajstić information content (AvgIpc) is 3.03. The van der Waals surface area contributed by atoms with Crippen LogP contribution in [-0.2, 0) is 4.79 Å². The van der Waals surface area contributed by atoms with Gasteiger partial charge in [-0.15, -0.1) is 6.42 Å². The molecular formula is C21H16BrClN2O3S. The number of benzene rings is 2. The summed E-state index contributed by atoms with van der Waals surface area (Å²) in [5, 5.41) is 3.89. The molecule has 0 aliphatic carbocycles. The maximum absolute atomic E-state index is 12.4. The molecule has 8 heteroatoms. The first-order valence-electron chi connectivity index (χ1n) is 8.41. The van der Waals surface area contributed by atoms with Gasteiger partial charge in [-0.3, -0.25) is 4.79 Å². The maximum atomic E-state index is 12.4. The molecule has 0 unspecified atom stereocenters. The van der Waals surface area contributed by atoms with Crippen LogP contribution in [0.25, 0.3) is 6.08 Å². The first kappa shape index (κ1) is 21.3. The number of amidine groups is 1. The minimum atomic E-state index is -0.226. The van der Waals surface area contributed by atoms with Crippen LogP contribution in [0, 0.1) is 19.3 Å². The van der Waals surface area contributed by atoms with Gasteiger partial charge in [0.25, 0.3) is 5.91 Å². The number of rotatable bonds is 5. The number of carbonyl (C=O) groups is 1. The zero-order chi connectivity index (χ0) is 21.0. The Balaban J connectivity index is 1.89. The second-order valence-corrected chi connectivity index (χ2v) is 8.18. The second-order valence-electron chi connectivity index (χ2n) is 5.89. The van der Waals surface area contributed by atoms with Gasteiger partial charge in [-0.05, 0) is 76.1 Å². The van der Waals surface area contributed by atoms with E-state index in [1.54, 1.807) is 18.2 Å². The summed E-state index contributed by atoms with van der Waals surface area (Å²) in [5.41, 5.74) is 2.32. The molecule has 5 nitrogen and oxygen atoms in total. The molecule has 29 heavy (non-hydrogen) atoms. The third kappa shape index (κ3) is 4.96. The lowest BCUT2D eigenvalue weighted by atomic mass is 10.2. The Labute approximate surface area is 186 Å². The van der Waals surface area contributed by atoms with Gasteiger partial charge in [0.2, 0.25) is 0 Å². The van der Waals surface area contributed by atoms with Gasteiger partial charge in [0.15, 0.2) is 16.7 Å². The van der Waals surface area contributed by atoms with Crippen LogP contribution in [0.2, 0.25) is 5.02 Å². The van der Waals surface area contributed by atoms with E-state index in [-0.39, 0.29) is 12.5 Å². The molecule has 1 amide bonds. The number of nitrogens with zero attached hydrogens (tertiary/aromatic N) is 1. The molecule has 1 aliphatic rings. The smallest absolute Gasteiger partial charge is 0.264 e. The van der Waals surface area contributed by atoms with Crippen molar-refractivity contribution in [2.75, 3.05) is 13.7 Å². The van der Waals surface area contributed by atoms with Crippen LogP contribution in [0.15, 0.2) is 44.7 Å². The van der Waals surface area contributed by atoms with Crippen LogP contribution in [0.1, 0.15) is 11.1 Å². The summed E-state index contributed by atoms with van der Waals surface area (Å²) in [6.07, 6.45) is 7.01. The van der Waals surface area contributed by atoms with Crippen LogP contribution in [-0.4, -0.2) is 24.8 Å². The normalized spacial score (nSPS) is 16.0. The quantitative estimate of drug-likeness (QED) is 0.454. The predicted molar refractivity (Wildman–Crippen MR) is 122 cm³/mol. The van der Waals surface area contributed by atoms with E-state index in [9.17, 15) is 4.79 Å². The fourth-order valence-electron chi connectivity index (χ4n) is 2.54. The summed E-state index contributed by atoms with van der Waals surface area (Å²) in [5.74, 6) is 3.21. The van der Waals surface area contributed by atoms with Crippen LogP contribution in [0.3, 0.4) is 0 Å². The molecular weight excluding hydrogens is 476 g/mol. The number of methoxy groups -OCH3 is 1. The van der Waals surface area contributed by atoms with E-state index in [4.69, 9.17) is 27.5 Å². The summed E-state index contributed by atoms with van der Waals surface area (Å²) in [6, 6.07) is 9.06. The maximum Gasteiger partial charge on any atom is 0.264 e. The summed E-state index contributed by atoms with van der Waals surface area (Å²) in [4.78, 5) is 17.4. The molecule has 0 radical (unpaired) electrons. The SMILES string of the molecule is C#CCOc1c(Br)cc(/C=C2\SC(=Nc3cccc(Cl)c3C)NC2=O)cc1OC. The van der Waals surface area contributed by atoms with Crippen molar-refractivity contribution in [3.8, 4) is 23.8 Å². The van der Waals surface area contributed by atoms with Gasteiger partial charge >= 0.3 is 0 Å². The second kappa shape index (κ2) is 9.40. The van der Waals surface area contributed by atoms with Gasteiger partial charge in [-0.1, -0.05) is 23.6 Å². The molecule has 0 atom stereocenters. The van der Waals surface area contributed by atoms with Crippen molar-refractivity contribution in [3.63, 3.8) is 0 Å². The Morgan fingerprint density at radius 3 is 2.93 bits per heavy atom. The molecule has 148 valence electrons. The van der Waals surface area contributed by atoms with Gasteiger partial charge in [0, 0.05) is 5.02 Å². The van der Waals surface area contributed by atoms with Crippen molar-refractivity contribution < 1.29 is 14.3 Å². The monoisotopic (exact) mass is 490 g/mol. The molecule has 2 aromatic rings. The third-order valence-electron chi connectivity index (χ3n) is 3.96. The zero-order valence-corrected chi connectivity index (χ0v) is 18.7. The number of hydrogen-bond acceptors (Lipinski definition) is 5. The molecule has 1 saturated heterocycles. The fraction of sp³-hybridized carbons (Fsp3) is 0.143. The fourth-order valence-corrected chi connectivity index (χ4v) is 4.11. The lowest BCUT2D eigenvalue weighted by Crippen LogP contribution is -2.19. The molecule has 3 rings (SSSR count). The van der Waals surface area contributed by atoms with E-state index >= 15 is 0 Å². The number of ether oxygens (including phenoxy) is 2. The van der Waals surface area contributed by atoms with Crippen molar-refractivity contribution >= 4 is 62.1 Å². The van der Waals surface area contributed by atoms with Gasteiger partial charge in [0.1, 0.15) is 6.61 Å². The summed E-state index contributed by atoms with van der Waals surface area (Å²) in [6.45, 7) is 2.00. The van der Waals surface area contributed by atoms with Crippen LogP contribution < -0.4 is 14.8 Å². The number of thioether (sulfide) groups is 1. The molecule has 0 spiro atoms. The van der Waals surface area contributed by atoms with Crippen LogP contribution in [0.5, 0.6) is 11.5 Å². The number of hydrogen-bond donors (Lipinski definition) is 1. The Morgan fingerprint density at radius 1 is 1.41 bits per heavy atom. The van der Waals surface area contributed by atoms with Crippen LogP contribution >= 0.6 is 39.3 Å². The summed E-state index contributed by atoms with van der Waals surface area (Å²) < 4.78 is 11.6. The predicted octanol–water partition coefficient (Wildman–Crippen LogP) is 5.32. The van der Waals surface area contributed by atoms with Crippen molar-refractivity contribution in [1.29, 1.82) is 0 Å². The number of aliphatic imine (C=N–C) groups is 1. The lowest BCUT2D eigenvalue weighted by molar-refractivity contribution is -0.115. The number of terminal acetylenes is 1. The number of amides is 1. The number of nitrogens with one attached hydrogen (secondary N) is 1. The molecule has 0 bridgehead atoms. The average molecular weight is 492 g/mol. The van der Waals surface area contributed by atoms with E-state index in [1.807, 2.05) is 25.1 Å². The molecule has 2 aromatic carbocycles. The van der Waals surface area contributed by atoms with Crippen molar-refractivity contribution in [2.45, 2.75) is 6.92 Å². The third-order valence-corrected chi connectivity index (χ3v) is 5.87. The van der Waals surface area contributed by atoms with Gasteiger partial charge in [-0.25, -0.2) is 4.99 Å². The molecule has 1 N–H and O–H groups in total. The first-order valence-corrected chi connectivity index (χ1v) is 10.4. The zero-order valence-electron chi connectivity index (χ0n) is 15.6. The highest BCUT2D eigenvalue weighted by Gasteiger charge is 2.24. The highest BCUT2D eigenvalue weighted by atomic mass is 79.9. The van der Waals surface area contributed by atoms with E-state index in [0.29, 0.717) is 36.8 Å². The van der Waals surface area contributed by atoms with Gasteiger partial charge < -0.3 is 14.8 Å². The Hall–Kier alpha value is -2.40. The standard InChI is InChI=1S/C21H16BrClN2O3S/c1-4-8-28-19-14(22)9-13(10-17(19)27-3)11-18-20(26)25-21(29-18)24-16-7-5-6-15(23)12(16)2/h1,5-7,9-11H,8H2,2-3H3,(H,24,25,26)/b18-11-. The summed E-state index contributed by atoms with van der Waals surface area (Å²) in [7, 11) is 1.54. The lowest BCUT2D eigenvalue weighted by Gasteiger charge is -2.12. The molecule has 1 fully saturated rings. The number of carbonyl (C=O) groups excluding carboxylic acids is 1. The molecule has 1 heterocycles. The highest BCUT2D eigenvalue weighted by Crippen LogP contribution is 2.38. The molecule has 0 saturated carbocycles. The topological polar surface area (TPSA) is 59.9 Å². The van der Waals surface area contributed by atoms with Crippen molar-refractivity contribution in [2.24, 2.45) is 4.99 Å². The Kier molecular flexibility index (Phi) is 6.91. The Morgan fingerprint density at radius 2 is 2.21 bits per heavy atom. The molecule has 1 aliphatic heterocycles. The first-order chi connectivity index (χ1) is 13.9. The van der Waals surface area contributed by atoms with E-state index in [1.165, 1.54) is 18.9 Å². The van der Waals surface area contributed by atoms with Gasteiger partial charge in [-0.2, -0.15) is 0 Å². The van der Waals surface area contributed by atoms with E-state index < -0.39 is 0 Å². The summed E-state index contributed by atoms with van der Waals surface area (Å²) >= 11 is 10.9. The Bertz CT molecular complexity index is 1080. The van der Waals surface area contributed by atoms with E-state index in [0.717, 1.165) is 11.1 Å². The number of halogens is 2. The van der Waals surface area contributed by atoms with Crippen LogP contribution in [0.4, 0.5) is 5.69 Å². The molecule has 0 aromatic heterocycles.